The van der Waals surface area contributed by atoms with E-state index in [1.54, 1.807) is 12.3 Å². The van der Waals surface area contributed by atoms with Crippen LogP contribution in [-0.4, -0.2) is 34.3 Å². The summed E-state index contributed by atoms with van der Waals surface area (Å²) in [6.07, 6.45) is 1.80. The number of rotatable bonds is 7. The first-order chi connectivity index (χ1) is 18.4. The van der Waals surface area contributed by atoms with Gasteiger partial charge in [-0.05, 0) is 93.1 Å². The molecule has 5 rings (SSSR count). The van der Waals surface area contributed by atoms with Crippen LogP contribution in [0.4, 0.5) is 5.69 Å². The second-order valence-corrected chi connectivity index (χ2v) is 9.48. The Hall–Kier alpha value is -4.17. The van der Waals surface area contributed by atoms with Gasteiger partial charge in [0.2, 0.25) is 0 Å². The summed E-state index contributed by atoms with van der Waals surface area (Å²) in [5.41, 5.74) is 6.22. The molecule has 0 bridgehead atoms. The predicted molar refractivity (Wildman–Crippen MR) is 152 cm³/mol. The molecule has 2 atom stereocenters. The first kappa shape index (κ1) is 25.5. The van der Waals surface area contributed by atoms with Gasteiger partial charge < -0.3 is 24.3 Å². The van der Waals surface area contributed by atoms with Crippen LogP contribution in [-0.2, 0) is 4.74 Å². The molecule has 1 aliphatic rings. The number of aromatic nitrogens is 2. The smallest absolute Gasteiger partial charge is 0.339 e. The van der Waals surface area contributed by atoms with Crippen LogP contribution in [0.5, 0.6) is 5.75 Å². The molecule has 1 N–H and O–H groups in total. The molecule has 4 aromatic rings. The molecule has 2 aromatic carbocycles. The van der Waals surface area contributed by atoms with E-state index in [9.17, 15) is 4.79 Å². The Balaban J connectivity index is 1.66. The lowest BCUT2D eigenvalue weighted by molar-refractivity contribution is 0.0600. The molecule has 3 heterocycles. The maximum Gasteiger partial charge on any atom is 0.339 e. The van der Waals surface area contributed by atoms with Crippen molar-refractivity contribution < 1.29 is 14.3 Å². The molecule has 2 aromatic heterocycles. The van der Waals surface area contributed by atoms with Gasteiger partial charge in [0.1, 0.15) is 5.75 Å². The van der Waals surface area contributed by atoms with Crippen LogP contribution >= 0.6 is 12.2 Å². The second-order valence-electron chi connectivity index (χ2n) is 9.09. The number of ether oxygens (including phenoxy) is 2. The summed E-state index contributed by atoms with van der Waals surface area (Å²) in [4.78, 5) is 19.4. The second kappa shape index (κ2) is 10.7. The zero-order valence-electron chi connectivity index (χ0n) is 21.8. The fraction of sp³-hybridized carbons (Fsp3) is 0.233. The number of aryl methyl sites for hydroxylation is 1. The standard InChI is InChI=1S/C30H30N4O3S/c1-5-37-22-15-13-21(14-16-22)34-28(27(32-30(34)38)25-11-8-9-17-31-25)24-18-19(2)33(20(24)3)26-12-7-6-10-23(26)29(35)36-4/h6-18,27-28H,5H2,1-4H3,(H,32,38)/t27-,28+/m0/s1. The van der Waals surface area contributed by atoms with Crippen molar-refractivity contribution in [1.82, 2.24) is 14.9 Å². The first-order valence-electron chi connectivity index (χ1n) is 12.5. The molecule has 8 heteroatoms. The molecule has 7 nitrogen and oxygen atoms in total. The lowest BCUT2D eigenvalue weighted by atomic mass is 9.96. The van der Waals surface area contributed by atoms with Crippen molar-refractivity contribution in [3.05, 3.63) is 107 Å². The molecule has 1 saturated heterocycles. The Kier molecular flexibility index (Phi) is 7.15. The number of nitrogens with one attached hydrogen (secondary N) is 1. The molecule has 0 aliphatic carbocycles. The Labute approximate surface area is 228 Å². The zero-order valence-corrected chi connectivity index (χ0v) is 22.7. The summed E-state index contributed by atoms with van der Waals surface area (Å²) < 4.78 is 12.8. The van der Waals surface area contributed by atoms with Crippen molar-refractivity contribution in [2.24, 2.45) is 0 Å². The number of carbonyl (C=O) groups excluding carboxylic acids is 1. The van der Waals surface area contributed by atoms with E-state index in [-0.39, 0.29) is 18.1 Å². The van der Waals surface area contributed by atoms with Crippen LogP contribution in [0.2, 0.25) is 0 Å². The third-order valence-electron chi connectivity index (χ3n) is 6.86. The number of hydrogen-bond acceptors (Lipinski definition) is 5. The van der Waals surface area contributed by atoms with Crippen LogP contribution < -0.4 is 15.0 Å². The number of methoxy groups -OCH3 is 1. The quantitative estimate of drug-likeness (QED) is 0.239. The zero-order chi connectivity index (χ0) is 26.8. The molecule has 0 unspecified atom stereocenters. The number of nitrogens with zero attached hydrogens (tertiary/aromatic N) is 3. The largest absolute Gasteiger partial charge is 0.494 e. The van der Waals surface area contributed by atoms with Gasteiger partial charge in [-0.3, -0.25) is 4.98 Å². The molecule has 0 amide bonds. The Morgan fingerprint density at radius 3 is 2.47 bits per heavy atom. The van der Waals surface area contributed by atoms with Gasteiger partial charge >= 0.3 is 5.97 Å². The van der Waals surface area contributed by atoms with E-state index in [2.05, 4.69) is 32.8 Å². The molecule has 0 radical (unpaired) electrons. The van der Waals surface area contributed by atoms with E-state index in [4.69, 9.17) is 21.7 Å². The fourth-order valence-corrected chi connectivity index (χ4v) is 5.57. The molecule has 1 aliphatic heterocycles. The monoisotopic (exact) mass is 526 g/mol. The SMILES string of the molecule is CCOc1ccc(N2C(=S)N[C@@H](c3ccccn3)[C@H]2c2cc(C)n(-c3ccccc3C(=O)OC)c2C)cc1. The minimum absolute atomic E-state index is 0.180. The van der Waals surface area contributed by atoms with Gasteiger partial charge in [-0.1, -0.05) is 18.2 Å². The van der Waals surface area contributed by atoms with Gasteiger partial charge in [-0.15, -0.1) is 0 Å². The summed E-state index contributed by atoms with van der Waals surface area (Å²) in [5.74, 6) is 0.436. The maximum atomic E-state index is 12.6. The van der Waals surface area contributed by atoms with Gasteiger partial charge in [0, 0.05) is 23.3 Å². The minimum atomic E-state index is -0.374. The molecular weight excluding hydrogens is 496 g/mol. The number of pyridine rings is 1. The van der Waals surface area contributed by atoms with E-state index < -0.39 is 0 Å². The van der Waals surface area contributed by atoms with Gasteiger partial charge in [-0.25, -0.2) is 4.79 Å². The van der Waals surface area contributed by atoms with Crippen molar-refractivity contribution >= 4 is 29.0 Å². The molecule has 1 fully saturated rings. The van der Waals surface area contributed by atoms with Crippen LogP contribution in [0.1, 0.15) is 52.0 Å². The molecule has 38 heavy (non-hydrogen) atoms. The Morgan fingerprint density at radius 2 is 1.79 bits per heavy atom. The van der Waals surface area contributed by atoms with Crippen LogP contribution in [0.3, 0.4) is 0 Å². The van der Waals surface area contributed by atoms with E-state index in [0.29, 0.717) is 17.3 Å². The van der Waals surface area contributed by atoms with E-state index in [1.807, 2.05) is 74.5 Å². The predicted octanol–water partition coefficient (Wildman–Crippen LogP) is 5.85. The third-order valence-corrected chi connectivity index (χ3v) is 7.18. The maximum absolute atomic E-state index is 12.6. The highest BCUT2D eigenvalue weighted by Gasteiger charge is 2.42. The Bertz CT molecular complexity index is 1470. The summed E-state index contributed by atoms with van der Waals surface area (Å²) in [7, 11) is 1.40. The van der Waals surface area contributed by atoms with Crippen LogP contribution in [0.25, 0.3) is 5.69 Å². The van der Waals surface area contributed by atoms with E-state index >= 15 is 0 Å². The van der Waals surface area contributed by atoms with Gasteiger partial charge in [0.15, 0.2) is 5.11 Å². The van der Waals surface area contributed by atoms with Gasteiger partial charge in [0.25, 0.3) is 0 Å². The molecular formula is C30H30N4O3S. The van der Waals surface area contributed by atoms with E-state index in [1.165, 1.54) is 7.11 Å². The molecule has 0 spiro atoms. The van der Waals surface area contributed by atoms with Gasteiger partial charge in [0.05, 0.1) is 42.7 Å². The number of para-hydroxylation sites is 1. The number of carbonyl (C=O) groups is 1. The molecule has 194 valence electrons. The lowest BCUT2D eigenvalue weighted by Gasteiger charge is -2.28. The number of benzene rings is 2. The Morgan fingerprint density at radius 1 is 1.05 bits per heavy atom. The number of hydrogen-bond donors (Lipinski definition) is 1. The third kappa shape index (κ3) is 4.52. The highest BCUT2D eigenvalue weighted by Crippen LogP contribution is 2.44. The van der Waals surface area contributed by atoms with Crippen molar-refractivity contribution in [1.29, 1.82) is 0 Å². The summed E-state index contributed by atoms with van der Waals surface area (Å²) >= 11 is 5.90. The normalized spacial score (nSPS) is 16.8. The summed E-state index contributed by atoms with van der Waals surface area (Å²) in [6, 6.07) is 23.2. The number of anilines is 1. The van der Waals surface area contributed by atoms with Crippen LogP contribution in [0.15, 0.2) is 79.0 Å². The average molecular weight is 527 g/mol. The topological polar surface area (TPSA) is 68.6 Å². The van der Waals surface area contributed by atoms with Gasteiger partial charge in [-0.2, -0.15) is 0 Å². The van der Waals surface area contributed by atoms with Crippen molar-refractivity contribution in [3.63, 3.8) is 0 Å². The van der Waals surface area contributed by atoms with E-state index in [0.717, 1.165) is 39.8 Å². The highest BCUT2D eigenvalue weighted by molar-refractivity contribution is 7.80. The number of thiocarbonyl (C=S) groups is 1. The van der Waals surface area contributed by atoms with Crippen molar-refractivity contribution in [2.45, 2.75) is 32.9 Å². The number of esters is 1. The average Bonchev–Trinajstić information content (AvgIpc) is 3.44. The minimum Gasteiger partial charge on any atom is -0.494 e. The highest BCUT2D eigenvalue weighted by atomic mass is 32.1. The summed E-state index contributed by atoms with van der Waals surface area (Å²) in [5, 5.41) is 4.14. The van der Waals surface area contributed by atoms with Crippen molar-refractivity contribution in [3.8, 4) is 11.4 Å². The molecule has 0 saturated carbocycles. The van der Waals surface area contributed by atoms with Crippen molar-refractivity contribution in [2.75, 3.05) is 18.6 Å². The first-order valence-corrected chi connectivity index (χ1v) is 13.0. The fourth-order valence-electron chi connectivity index (χ4n) is 5.23. The van der Waals surface area contributed by atoms with Crippen LogP contribution in [0, 0.1) is 13.8 Å². The summed E-state index contributed by atoms with van der Waals surface area (Å²) in [6.45, 7) is 6.69. The lowest BCUT2D eigenvalue weighted by Crippen LogP contribution is -2.29.